The summed E-state index contributed by atoms with van der Waals surface area (Å²) in [6.07, 6.45) is 14.2. The highest BCUT2D eigenvalue weighted by Gasteiger charge is 2.44. The topological polar surface area (TPSA) is 9.23 Å². The Morgan fingerprint density at radius 3 is 1.78 bits per heavy atom. The molecule has 2 saturated carbocycles. The summed E-state index contributed by atoms with van der Waals surface area (Å²) in [4.78, 5) is 0. The van der Waals surface area contributed by atoms with Gasteiger partial charge in [-0.2, -0.15) is 6.66 Å². The summed E-state index contributed by atoms with van der Waals surface area (Å²) >= 11 is 0. The normalized spacial score (nSPS) is 21.3. The maximum atomic E-state index is 5.66. The lowest BCUT2D eigenvalue weighted by atomic mass is 9.99. The quantitative estimate of drug-likeness (QED) is 0.462. The van der Waals surface area contributed by atoms with E-state index in [1.807, 2.05) is 0 Å². The van der Waals surface area contributed by atoms with Gasteiger partial charge in [-0.25, -0.2) is 0 Å². The molecule has 0 spiro atoms. The Bertz CT molecular complexity index is 451. The number of ether oxygens (including phenoxy) is 1. The Balaban J connectivity index is 1.89. The number of rotatable bonds is 5. The molecule has 0 amide bonds. The summed E-state index contributed by atoms with van der Waals surface area (Å²) in [5.41, 5.74) is 1.74. The lowest BCUT2D eigenvalue weighted by Crippen LogP contribution is -2.32. The van der Waals surface area contributed by atoms with Gasteiger partial charge in [0.1, 0.15) is 5.75 Å². The molecule has 2 aliphatic rings. The third-order valence-electron chi connectivity index (χ3n) is 6.08. The van der Waals surface area contributed by atoms with Crippen molar-refractivity contribution in [3.05, 3.63) is 30.9 Å². The van der Waals surface area contributed by atoms with E-state index in [9.17, 15) is 0 Å². The van der Waals surface area contributed by atoms with Crippen molar-refractivity contribution < 1.29 is 4.74 Å². The van der Waals surface area contributed by atoms with E-state index in [4.69, 9.17) is 11.4 Å². The molecule has 1 aromatic rings. The average Bonchev–Trinajstić information content (AvgIpc) is 2.63. The van der Waals surface area contributed by atoms with Crippen LogP contribution in [0.15, 0.2) is 24.3 Å². The Hall–Kier alpha value is -0.550. The summed E-state index contributed by atoms with van der Waals surface area (Å²) in [5.74, 6) is 1.01. The molecule has 0 aromatic heterocycles. The molecule has 2 heteroatoms. The van der Waals surface area contributed by atoms with Crippen LogP contribution in [-0.4, -0.2) is 17.9 Å². The molecule has 128 valence electrons. The molecule has 0 bridgehead atoms. The van der Waals surface area contributed by atoms with Gasteiger partial charge in [0, 0.05) is 11.3 Å². The highest BCUT2D eigenvalue weighted by atomic mass is 31.2. The third-order valence-corrected chi connectivity index (χ3v) is 11.0. The zero-order valence-corrected chi connectivity index (χ0v) is 15.7. The van der Waals surface area contributed by atoms with E-state index in [0.29, 0.717) is 0 Å². The molecule has 0 unspecified atom stereocenters. The van der Waals surface area contributed by atoms with Gasteiger partial charge in [0.25, 0.3) is 0 Å². The number of hydrogen-bond donors (Lipinski definition) is 0. The van der Waals surface area contributed by atoms with E-state index < -0.39 is 7.26 Å². The van der Waals surface area contributed by atoms with E-state index in [2.05, 4.69) is 31.2 Å². The first-order valence-corrected chi connectivity index (χ1v) is 11.8. The summed E-state index contributed by atoms with van der Waals surface area (Å²) in [5, 5.41) is 1.57. The Kier molecular flexibility index (Phi) is 6.02. The summed E-state index contributed by atoms with van der Waals surface area (Å²) in [7, 11) is -1.32. The monoisotopic (exact) mass is 332 g/mol. The summed E-state index contributed by atoms with van der Waals surface area (Å²) in [6, 6.07) is 9.08. The fourth-order valence-electron chi connectivity index (χ4n) is 4.79. The van der Waals surface area contributed by atoms with Crippen molar-refractivity contribution in [3.8, 4) is 5.75 Å². The van der Waals surface area contributed by atoms with E-state index >= 15 is 0 Å². The van der Waals surface area contributed by atoms with Gasteiger partial charge < -0.3 is 4.74 Å². The zero-order valence-electron chi connectivity index (χ0n) is 14.8. The Morgan fingerprint density at radius 1 is 0.870 bits per heavy atom. The number of hydrogen-bond acceptors (Lipinski definition) is 1. The second-order valence-corrected chi connectivity index (χ2v) is 11.3. The fourth-order valence-corrected chi connectivity index (χ4v) is 9.51. The molecule has 3 rings (SSSR count). The van der Waals surface area contributed by atoms with Crippen LogP contribution in [0.5, 0.6) is 5.75 Å². The largest absolute Gasteiger partial charge is 0.494 e. The lowest BCUT2D eigenvalue weighted by Gasteiger charge is -2.46. The molecule has 0 radical (unpaired) electrons. The van der Waals surface area contributed by atoms with Gasteiger partial charge in [-0.05, 0) is 82.6 Å². The molecular weight excluding hydrogens is 299 g/mol. The van der Waals surface area contributed by atoms with E-state index in [1.165, 1.54) is 64.2 Å². The van der Waals surface area contributed by atoms with Crippen molar-refractivity contribution in [1.82, 2.24) is 0 Å². The van der Waals surface area contributed by atoms with Crippen LogP contribution in [0, 0.1) is 6.66 Å². The van der Waals surface area contributed by atoms with Crippen LogP contribution in [0.1, 0.15) is 71.1 Å². The van der Waals surface area contributed by atoms with Crippen LogP contribution < -0.4 is 10.0 Å². The molecule has 23 heavy (non-hydrogen) atoms. The van der Waals surface area contributed by atoms with E-state index in [0.717, 1.165) is 23.7 Å². The predicted molar refractivity (Wildman–Crippen MR) is 103 cm³/mol. The molecule has 0 atom stereocenters. The minimum absolute atomic E-state index is 0.745. The third kappa shape index (κ3) is 3.76. The summed E-state index contributed by atoms with van der Waals surface area (Å²) < 4.78 is 5.66. The van der Waals surface area contributed by atoms with Crippen molar-refractivity contribution in [3.63, 3.8) is 0 Å². The smallest absolute Gasteiger partial charge is 0.119 e. The molecule has 2 aliphatic carbocycles. The zero-order chi connectivity index (χ0) is 16.1. The lowest BCUT2D eigenvalue weighted by molar-refractivity contribution is 0.340. The molecule has 1 aromatic carbocycles. The van der Waals surface area contributed by atoms with Gasteiger partial charge in [0.05, 0.1) is 11.9 Å². The van der Waals surface area contributed by atoms with Crippen molar-refractivity contribution >= 4 is 12.6 Å². The first-order chi connectivity index (χ1) is 11.2. The highest BCUT2D eigenvalue weighted by molar-refractivity contribution is 7.85. The van der Waals surface area contributed by atoms with Crippen LogP contribution in [0.4, 0.5) is 0 Å². The van der Waals surface area contributed by atoms with Gasteiger partial charge in [-0.3, -0.25) is 0 Å². The van der Waals surface area contributed by atoms with Crippen molar-refractivity contribution in [2.24, 2.45) is 0 Å². The molecule has 0 N–H and O–H groups in total. The van der Waals surface area contributed by atoms with Crippen LogP contribution in [-0.2, 0) is 0 Å². The molecular formula is C21H33OP. The highest BCUT2D eigenvalue weighted by Crippen LogP contribution is 2.70. The first kappa shape index (κ1) is 17.3. The van der Waals surface area contributed by atoms with Crippen LogP contribution in [0.2, 0.25) is 0 Å². The Morgan fingerprint density at radius 2 is 1.35 bits per heavy atom. The van der Waals surface area contributed by atoms with Crippen LogP contribution in [0.3, 0.4) is 0 Å². The molecule has 0 saturated heterocycles. The van der Waals surface area contributed by atoms with Gasteiger partial charge in [0.2, 0.25) is 0 Å². The van der Waals surface area contributed by atoms with Crippen molar-refractivity contribution in [1.29, 1.82) is 0 Å². The van der Waals surface area contributed by atoms with Gasteiger partial charge in [-0.1, -0.05) is 20.1 Å². The van der Waals surface area contributed by atoms with E-state index in [-0.39, 0.29) is 0 Å². The van der Waals surface area contributed by atoms with Crippen LogP contribution in [0.25, 0.3) is 0 Å². The molecule has 1 nitrogen and oxygen atoms in total. The maximum absolute atomic E-state index is 5.66. The van der Waals surface area contributed by atoms with Crippen LogP contribution >= 0.6 is 7.26 Å². The van der Waals surface area contributed by atoms with Crippen molar-refractivity contribution in [2.45, 2.75) is 82.4 Å². The van der Waals surface area contributed by atoms with Crippen molar-refractivity contribution in [2.75, 3.05) is 6.61 Å². The van der Waals surface area contributed by atoms with Gasteiger partial charge >= 0.3 is 0 Å². The minimum Gasteiger partial charge on any atom is -0.494 e. The van der Waals surface area contributed by atoms with Gasteiger partial charge in [0.15, 0.2) is 0 Å². The Labute approximate surface area is 143 Å². The average molecular weight is 332 g/mol. The van der Waals surface area contributed by atoms with Gasteiger partial charge in [-0.15, -0.1) is 0 Å². The first-order valence-electron chi connectivity index (χ1n) is 9.71. The summed E-state index contributed by atoms with van der Waals surface area (Å²) in [6.45, 7) is 7.83. The maximum Gasteiger partial charge on any atom is 0.119 e. The molecule has 0 heterocycles. The molecule has 0 aliphatic heterocycles. The standard InChI is InChI=1S/C21H33OP/c1-3-22-18-14-16-21(17-15-18)23(2,19-10-6-4-7-11-19)20-12-8-5-9-13-20/h14-17,19-20H,2-13H2,1H3. The minimum atomic E-state index is -1.32. The second-order valence-electron chi connectivity index (χ2n) is 7.44. The van der Waals surface area contributed by atoms with E-state index in [1.54, 1.807) is 5.30 Å². The number of benzene rings is 1. The molecule has 2 fully saturated rings. The second kappa shape index (κ2) is 8.02. The predicted octanol–water partition coefficient (Wildman–Crippen LogP) is 6.19. The SMILES string of the molecule is [CH2-][P+](c1ccc(OCC)cc1)(C1CCCCC1)C1CCCCC1. The fraction of sp³-hybridized carbons (Fsp3) is 0.667.